The van der Waals surface area contributed by atoms with Gasteiger partial charge in [-0.25, -0.2) is 9.48 Å². The number of nitrogens with zero attached hydrogens (tertiary/aromatic N) is 2. The van der Waals surface area contributed by atoms with Crippen LogP contribution in [0.2, 0.25) is 0 Å². The van der Waals surface area contributed by atoms with E-state index in [1.165, 1.54) is 0 Å². The summed E-state index contributed by atoms with van der Waals surface area (Å²) in [6.07, 6.45) is 0. The molecular formula is C26H24N2O3. The summed E-state index contributed by atoms with van der Waals surface area (Å²) in [5.41, 5.74) is 4.46. The molecule has 3 aromatic carbocycles. The molecule has 0 aliphatic rings. The molecule has 0 saturated heterocycles. The fourth-order valence-electron chi connectivity index (χ4n) is 3.42. The molecule has 1 heterocycles. The lowest BCUT2D eigenvalue weighted by Crippen LogP contribution is -2.11. The Hall–Kier alpha value is -3.70. The van der Waals surface area contributed by atoms with Crippen LogP contribution in [0, 0.1) is 0 Å². The molecule has 0 atom stereocenters. The predicted octanol–water partition coefficient (Wildman–Crippen LogP) is 5.43. The van der Waals surface area contributed by atoms with Crippen LogP contribution < -0.4 is 0 Å². The van der Waals surface area contributed by atoms with Crippen molar-refractivity contribution < 1.29 is 14.3 Å². The normalized spacial score (nSPS) is 10.7. The molecule has 0 fully saturated rings. The van der Waals surface area contributed by atoms with Gasteiger partial charge in [-0.15, -0.1) is 0 Å². The number of aromatic nitrogens is 2. The number of hydrogen-bond acceptors (Lipinski definition) is 4. The Labute approximate surface area is 181 Å². The summed E-state index contributed by atoms with van der Waals surface area (Å²) in [4.78, 5) is 13.0. The Morgan fingerprint density at radius 2 is 1.45 bits per heavy atom. The molecule has 0 radical (unpaired) electrons. The van der Waals surface area contributed by atoms with Gasteiger partial charge in [-0.3, -0.25) is 0 Å². The second kappa shape index (κ2) is 9.87. The van der Waals surface area contributed by atoms with E-state index >= 15 is 0 Å². The van der Waals surface area contributed by atoms with E-state index in [4.69, 9.17) is 14.6 Å². The van der Waals surface area contributed by atoms with Crippen LogP contribution in [0.4, 0.5) is 0 Å². The molecule has 0 aliphatic heterocycles. The smallest absolute Gasteiger partial charge is 0.342 e. The highest BCUT2D eigenvalue weighted by Gasteiger charge is 2.26. The number of carbonyl (C=O) groups excluding carboxylic acids is 1. The van der Waals surface area contributed by atoms with Gasteiger partial charge < -0.3 is 9.47 Å². The van der Waals surface area contributed by atoms with Gasteiger partial charge in [0.25, 0.3) is 0 Å². The minimum Gasteiger partial charge on any atom is -0.462 e. The quantitative estimate of drug-likeness (QED) is 0.362. The van der Waals surface area contributed by atoms with Crippen molar-refractivity contribution in [1.29, 1.82) is 0 Å². The van der Waals surface area contributed by atoms with Crippen LogP contribution in [0.15, 0.2) is 91.0 Å². The SMILES string of the molecule is CCOC(=O)c1c(-c2ccccc2)nn(-c2ccccc2)c1COCc1ccccc1. The standard InChI is InChI=1S/C26H24N2O3/c1-2-31-26(29)24-23(19-30-18-20-12-6-3-7-13-20)28(22-16-10-5-11-17-22)27-25(24)21-14-8-4-9-15-21/h3-17H,2,18-19H2,1H3. The lowest BCUT2D eigenvalue weighted by atomic mass is 10.1. The van der Waals surface area contributed by atoms with Crippen molar-refractivity contribution in [3.8, 4) is 16.9 Å². The Morgan fingerprint density at radius 1 is 0.839 bits per heavy atom. The first-order valence-electron chi connectivity index (χ1n) is 10.3. The highest BCUT2D eigenvalue weighted by atomic mass is 16.5. The maximum atomic E-state index is 13.0. The third-order valence-corrected chi connectivity index (χ3v) is 4.86. The van der Waals surface area contributed by atoms with Crippen molar-refractivity contribution in [1.82, 2.24) is 9.78 Å². The summed E-state index contributed by atoms with van der Waals surface area (Å²) in [7, 11) is 0. The number of carbonyl (C=O) groups is 1. The molecule has 31 heavy (non-hydrogen) atoms. The van der Waals surface area contributed by atoms with Crippen molar-refractivity contribution in [2.45, 2.75) is 20.1 Å². The number of rotatable bonds is 8. The van der Waals surface area contributed by atoms with Gasteiger partial charge in [0, 0.05) is 5.56 Å². The van der Waals surface area contributed by atoms with Crippen molar-refractivity contribution in [2.75, 3.05) is 6.61 Å². The number of para-hydroxylation sites is 1. The zero-order chi connectivity index (χ0) is 21.5. The lowest BCUT2D eigenvalue weighted by molar-refractivity contribution is 0.0516. The van der Waals surface area contributed by atoms with Crippen LogP contribution in [0.5, 0.6) is 0 Å². The van der Waals surface area contributed by atoms with E-state index in [1.807, 2.05) is 91.0 Å². The molecular weight excluding hydrogens is 388 g/mol. The van der Waals surface area contributed by atoms with Gasteiger partial charge in [-0.2, -0.15) is 5.10 Å². The van der Waals surface area contributed by atoms with E-state index in [0.29, 0.717) is 23.6 Å². The number of esters is 1. The van der Waals surface area contributed by atoms with E-state index in [0.717, 1.165) is 16.8 Å². The molecule has 5 heteroatoms. The van der Waals surface area contributed by atoms with E-state index in [2.05, 4.69) is 0 Å². The molecule has 156 valence electrons. The van der Waals surface area contributed by atoms with Gasteiger partial charge in [0.2, 0.25) is 0 Å². The zero-order valence-corrected chi connectivity index (χ0v) is 17.4. The van der Waals surface area contributed by atoms with Crippen molar-refractivity contribution in [2.24, 2.45) is 0 Å². The van der Waals surface area contributed by atoms with E-state index in [1.54, 1.807) is 11.6 Å². The van der Waals surface area contributed by atoms with Gasteiger partial charge in [-0.1, -0.05) is 78.9 Å². The second-order valence-corrected chi connectivity index (χ2v) is 6.98. The summed E-state index contributed by atoms with van der Waals surface area (Å²) in [6, 6.07) is 29.4. The third kappa shape index (κ3) is 4.73. The number of benzene rings is 3. The molecule has 0 N–H and O–H groups in total. The van der Waals surface area contributed by atoms with Crippen LogP contribution in [-0.2, 0) is 22.7 Å². The van der Waals surface area contributed by atoms with E-state index in [9.17, 15) is 4.79 Å². The maximum Gasteiger partial charge on any atom is 0.342 e. The Balaban J connectivity index is 1.78. The van der Waals surface area contributed by atoms with Crippen LogP contribution in [0.3, 0.4) is 0 Å². The average molecular weight is 412 g/mol. The van der Waals surface area contributed by atoms with Gasteiger partial charge in [0.1, 0.15) is 11.3 Å². The molecule has 0 spiro atoms. The Bertz CT molecular complexity index is 1120. The molecule has 5 nitrogen and oxygen atoms in total. The topological polar surface area (TPSA) is 53.3 Å². The number of ether oxygens (including phenoxy) is 2. The van der Waals surface area contributed by atoms with Crippen LogP contribution in [-0.4, -0.2) is 22.4 Å². The first kappa shape index (κ1) is 20.6. The highest BCUT2D eigenvalue weighted by Crippen LogP contribution is 2.29. The first-order valence-corrected chi connectivity index (χ1v) is 10.3. The predicted molar refractivity (Wildman–Crippen MR) is 120 cm³/mol. The molecule has 4 rings (SSSR count). The average Bonchev–Trinajstić information content (AvgIpc) is 3.21. The first-order chi connectivity index (χ1) is 15.3. The van der Waals surface area contributed by atoms with Gasteiger partial charge >= 0.3 is 5.97 Å². The fraction of sp³-hybridized carbons (Fsp3) is 0.154. The van der Waals surface area contributed by atoms with Gasteiger partial charge in [-0.05, 0) is 24.6 Å². The van der Waals surface area contributed by atoms with E-state index in [-0.39, 0.29) is 13.2 Å². The van der Waals surface area contributed by atoms with Crippen LogP contribution in [0.25, 0.3) is 16.9 Å². The van der Waals surface area contributed by atoms with Crippen molar-refractivity contribution in [3.05, 3.63) is 108 Å². The van der Waals surface area contributed by atoms with Crippen molar-refractivity contribution >= 4 is 5.97 Å². The van der Waals surface area contributed by atoms with Crippen molar-refractivity contribution in [3.63, 3.8) is 0 Å². The van der Waals surface area contributed by atoms with Gasteiger partial charge in [0.15, 0.2) is 0 Å². The molecule has 0 saturated carbocycles. The summed E-state index contributed by atoms with van der Waals surface area (Å²) < 4.78 is 13.2. The molecule has 0 unspecified atom stereocenters. The molecule has 1 aromatic heterocycles. The maximum absolute atomic E-state index is 13.0. The largest absolute Gasteiger partial charge is 0.462 e. The lowest BCUT2D eigenvalue weighted by Gasteiger charge is -2.10. The summed E-state index contributed by atoms with van der Waals surface area (Å²) >= 11 is 0. The summed E-state index contributed by atoms with van der Waals surface area (Å²) in [5, 5.41) is 4.82. The number of hydrogen-bond donors (Lipinski definition) is 0. The fourth-order valence-corrected chi connectivity index (χ4v) is 3.42. The Kier molecular flexibility index (Phi) is 6.55. The monoisotopic (exact) mass is 412 g/mol. The third-order valence-electron chi connectivity index (χ3n) is 4.86. The van der Waals surface area contributed by atoms with E-state index < -0.39 is 5.97 Å². The summed E-state index contributed by atoms with van der Waals surface area (Å²) in [5.74, 6) is -0.401. The molecule has 4 aromatic rings. The molecule has 0 aliphatic carbocycles. The van der Waals surface area contributed by atoms with Gasteiger partial charge in [0.05, 0.1) is 31.2 Å². The minimum absolute atomic E-state index is 0.220. The zero-order valence-electron chi connectivity index (χ0n) is 17.4. The Morgan fingerprint density at radius 3 is 2.10 bits per heavy atom. The minimum atomic E-state index is -0.401. The summed E-state index contributed by atoms with van der Waals surface area (Å²) in [6.45, 7) is 2.74. The highest BCUT2D eigenvalue weighted by molar-refractivity contribution is 5.97. The second-order valence-electron chi connectivity index (χ2n) is 6.98. The van der Waals surface area contributed by atoms with Crippen LogP contribution >= 0.6 is 0 Å². The molecule has 0 bridgehead atoms. The molecule has 0 amide bonds. The van der Waals surface area contributed by atoms with Crippen LogP contribution in [0.1, 0.15) is 28.5 Å².